The lowest BCUT2D eigenvalue weighted by Gasteiger charge is -2.39. The molecule has 1 saturated heterocycles. The van der Waals surface area contributed by atoms with Crippen LogP contribution < -0.4 is 5.32 Å². The predicted octanol–water partition coefficient (Wildman–Crippen LogP) is 1.09. The van der Waals surface area contributed by atoms with Crippen molar-refractivity contribution < 1.29 is 9.53 Å². The van der Waals surface area contributed by atoms with Crippen molar-refractivity contribution in [3.05, 3.63) is 18.7 Å². The van der Waals surface area contributed by atoms with Crippen molar-refractivity contribution in [1.82, 2.24) is 19.8 Å². The first-order valence-corrected chi connectivity index (χ1v) is 6.75. The molecule has 1 aliphatic rings. The van der Waals surface area contributed by atoms with E-state index in [0.717, 1.165) is 13.0 Å². The highest BCUT2D eigenvalue weighted by Gasteiger charge is 2.32. The van der Waals surface area contributed by atoms with Crippen molar-refractivity contribution in [1.29, 1.82) is 0 Å². The fourth-order valence-electron chi connectivity index (χ4n) is 2.14. The van der Waals surface area contributed by atoms with Gasteiger partial charge in [-0.3, -0.25) is 0 Å². The average molecular weight is 266 g/mol. The molecule has 1 atom stereocenters. The normalized spacial score (nSPS) is 23.4. The van der Waals surface area contributed by atoms with E-state index in [-0.39, 0.29) is 11.6 Å². The molecule has 2 amide bonds. The Labute approximate surface area is 113 Å². The molecule has 0 aliphatic carbocycles. The van der Waals surface area contributed by atoms with Gasteiger partial charge in [-0.05, 0) is 13.3 Å². The second-order valence-electron chi connectivity index (χ2n) is 5.11. The maximum atomic E-state index is 12.1. The maximum Gasteiger partial charge on any atom is 0.317 e. The molecule has 1 N–H and O–H groups in total. The zero-order chi connectivity index (χ0) is 13.7. The molecule has 0 aromatic carbocycles. The number of aromatic nitrogens is 2. The lowest BCUT2D eigenvalue weighted by Crippen LogP contribution is -2.54. The quantitative estimate of drug-likeness (QED) is 0.887. The van der Waals surface area contributed by atoms with Crippen molar-refractivity contribution in [2.75, 3.05) is 26.2 Å². The topological polar surface area (TPSA) is 59.4 Å². The van der Waals surface area contributed by atoms with Crippen molar-refractivity contribution in [3.8, 4) is 0 Å². The minimum absolute atomic E-state index is 0.0110. The molecule has 2 heterocycles. The number of amides is 2. The number of carbonyl (C=O) groups excluding carboxylic acids is 1. The van der Waals surface area contributed by atoms with Gasteiger partial charge in [0.15, 0.2) is 0 Å². The van der Waals surface area contributed by atoms with E-state index in [0.29, 0.717) is 26.2 Å². The van der Waals surface area contributed by atoms with Gasteiger partial charge in [-0.2, -0.15) is 0 Å². The molecule has 6 nitrogen and oxygen atoms in total. The number of hydrogen-bond acceptors (Lipinski definition) is 3. The molecular weight excluding hydrogens is 244 g/mol. The smallest absolute Gasteiger partial charge is 0.317 e. The zero-order valence-electron chi connectivity index (χ0n) is 11.6. The van der Waals surface area contributed by atoms with Gasteiger partial charge < -0.3 is 19.5 Å². The standard InChI is InChI=1S/C13H22N4O2/c1-3-13(2)10-17(8-9-19-13)12(18)15-5-7-16-6-4-14-11-16/h4,6,11H,3,5,7-10H2,1-2H3,(H,15,18). The Morgan fingerprint density at radius 2 is 2.42 bits per heavy atom. The number of imidazole rings is 1. The van der Waals surface area contributed by atoms with Crippen LogP contribution in [0.25, 0.3) is 0 Å². The number of hydrogen-bond donors (Lipinski definition) is 1. The lowest BCUT2D eigenvalue weighted by atomic mass is 10.0. The molecule has 1 fully saturated rings. The van der Waals surface area contributed by atoms with E-state index in [1.54, 1.807) is 12.5 Å². The fraction of sp³-hybridized carbons (Fsp3) is 0.692. The van der Waals surface area contributed by atoms with E-state index >= 15 is 0 Å². The van der Waals surface area contributed by atoms with E-state index in [1.807, 2.05) is 15.7 Å². The molecule has 1 unspecified atom stereocenters. The van der Waals surface area contributed by atoms with E-state index in [4.69, 9.17) is 4.74 Å². The van der Waals surface area contributed by atoms with E-state index in [2.05, 4.69) is 24.1 Å². The molecule has 0 saturated carbocycles. The maximum absolute atomic E-state index is 12.1. The van der Waals surface area contributed by atoms with Gasteiger partial charge in [-0.25, -0.2) is 9.78 Å². The van der Waals surface area contributed by atoms with Gasteiger partial charge in [0.2, 0.25) is 0 Å². The van der Waals surface area contributed by atoms with Gasteiger partial charge in [0.1, 0.15) is 0 Å². The van der Waals surface area contributed by atoms with E-state index < -0.39 is 0 Å². The van der Waals surface area contributed by atoms with Gasteiger partial charge in [0, 0.05) is 32.0 Å². The van der Waals surface area contributed by atoms with Crippen LogP contribution in [0.3, 0.4) is 0 Å². The summed E-state index contributed by atoms with van der Waals surface area (Å²) in [5.74, 6) is 0. The van der Waals surface area contributed by atoms with Crippen molar-refractivity contribution in [3.63, 3.8) is 0 Å². The number of ether oxygens (including phenoxy) is 1. The highest BCUT2D eigenvalue weighted by Crippen LogP contribution is 2.20. The first kappa shape index (κ1) is 13.9. The summed E-state index contributed by atoms with van der Waals surface area (Å²) in [5.41, 5.74) is -0.208. The van der Waals surface area contributed by atoms with Crippen LogP contribution in [0.15, 0.2) is 18.7 Å². The summed E-state index contributed by atoms with van der Waals surface area (Å²) in [6.07, 6.45) is 6.27. The van der Waals surface area contributed by atoms with Gasteiger partial charge in [-0.1, -0.05) is 6.92 Å². The molecule has 0 spiro atoms. The fourth-order valence-corrected chi connectivity index (χ4v) is 2.14. The summed E-state index contributed by atoms with van der Waals surface area (Å²) in [5, 5.41) is 2.94. The predicted molar refractivity (Wildman–Crippen MR) is 71.8 cm³/mol. The first-order chi connectivity index (χ1) is 9.13. The zero-order valence-corrected chi connectivity index (χ0v) is 11.6. The molecule has 0 radical (unpaired) electrons. The second-order valence-corrected chi connectivity index (χ2v) is 5.11. The minimum atomic E-state index is -0.208. The van der Waals surface area contributed by atoms with Crippen LogP contribution in [0.1, 0.15) is 20.3 Å². The molecule has 1 aromatic rings. The van der Waals surface area contributed by atoms with E-state index in [9.17, 15) is 4.79 Å². The number of nitrogens with zero attached hydrogens (tertiary/aromatic N) is 3. The highest BCUT2D eigenvalue weighted by molar-refractivity contribution is 5.74. The molecule has 6 heteroatoms. The van der Waals surface area contributed by atoms with Crippen LogP contribution >= 0.6 is 0 Å². The van der Waals surface area contributed by atoms with Crippen LogP contribution in [0.2, 0.25) is 0 Å². The number of morpholine rings is 1. The number of carbonyl (C=O) groups is 1. The highest BCUT2D eigenvalue weighted by atomic mass is 16.5. The first-order valence-electron chi connectivity index (χ1n) is 6.75. The molecule has 1 aliphatic heterocycles. The van der Waals surface area contributed by atoms with Gasteiger partial charge in [0.25, 0.3) is 0 Å². The minimum Gasteiger partial charge on any atom is -0.372 e. The Hall–Kier alpha value is -1.56. The Balaban J connectivity index is 1.76. The molecule has 0 bridgehead atoms. The van der Waals surface area contributed by atoms with Crippen LogP contribution in [0.5, 0.6) is 0 Å². The summed E-state index contributed by atoms with van der Waals surface area (Å²) in [6.45, 7) is 7.40. The number of nitrogens with one attached hydrogen (secondary N) is 1. The Bertz CT molecular complexity index is 407. The van der Waals surface area contributed by atoms with Gasteiger partial charge in [-0.15, -0.1) is 0 Å². The van der Waals surface area contributed by atoms with E-state index in [1.165, 1.54) is 0 Å². The van der Waals surface area contributed by atoms with Crippen molar-refractivity contribution in [2.24, 2.45) is 0 Å². The van der Waals surface area contributed by atoms with Crippen molar-refractivity contribution >= 4 is 6.03 Å². The molecule has 1 aromatic heterocycles. The average Bonchev–Trinajstić information content (AvgIpc) is 2.92. The third kappa shape index (κ3) is 3.70. The molecular formula is C13H22N4O2. The third-order valence-electron chi connectivity index (χ3n) is 3.58. The van der Waals surface area contributed by atoms with Crippen molar-refractivity contribution in [2.45, 2.75) is 32.4 Å². The van der Waals surface area contributed by atoms with Crippen LogP contribution in [-0.4, -0.2) is 52.3 Å². The van der Waals surface area contributed by atoms with Crippen LogP contribution in [0, 0.1) is 0 Å². The van der Waals surface area contributed by atoms with Crippen LogP contribution in [-0.2, 0) is 11.3 Å². The summed E-state index contributed by atoms with van der Waals surface area (Å²) in [6, 6.07) is -0.0110. The lowest BCUT2D eigenvalue weighted by molar-refractivity contribution is -0.0872. The third-order valence-corrected chi connectivity index (χ3v) is 3.58. The summed E-state index contributed by atoms with van der Waals surface area (Å²) in [4.78, 5) is 17.9. The Morgan fingerprint density at radius 1 is 1.58 bits per heavy atom. The number of urea groups is 1. The SMILES string of the molecule is CCC1(C)CN(C(=O)NCCn2ccnc2)CCO1. The molecule has 2 rings (SSSR count). The summed E-state index contributed by atoms with van der Waals surface area (Å²) >= 11 is 0. The summed E-state index contributed by atoms with van der Waals surface area (Å²) in [7, 11) is 0. The monoisotopic (exact) mass is 266 g/mol. The largest absolute Gasteiger partial charge is 0.372 e. The summed E-state index contributed by atoms with van der Waals surface area (Å²) < 4.78 is 7.66. The Kier molecular flexibility index (Phi) is 4.42. The number of rotatable bonds is 4. The second kappa shape index (κ2) is 6.06. The van der Waals surface area contributed by atoms with Gasteiger partial charge >= 0.3 is 6.03 Å². The molecule has 19 heavy (non-hydrogen) atoms. The molecule has 106 valence electrons. The Morgan fingerprint density at radius 3 is 3.11 bits per heavy atom. The van der Waals surface area contributed by atoms with Crippen LogP contribution in [0.4, 0.5) is 4.79 Å². The van der Waals surface area contributed by atoms with Gasteiger partial charge in [0.05, 0.1) is 25.1 Å².